The fourth-order valence-electron chi connectivity index (χ4n) is 2.89. The van der Waals surface area contributed by atoms with E-state index in [-0.39, 0.29) is 18.1 Å². The van der Waals surface area contributed by atoms with E-state index in [1.807, 2.05) is 19.1 Å². The second kappa shape index (κ2) is 6.48. The average Bonchev–Trinajstić information content (AvgIpc) is 3.33. The van der Waals surface area contributed by atoms with Crippen LogP contribution < -0.4 is 5.56 Å². The molecule has 1 fully saturated rings. The van der Waals surface area contributed by atoms with Crippen LogP contribution in [0.5, 0.6) is 0 Å². The highest BCUT2D eigenvalue weighted by Crippen LogP contribution is 2.49. The van der Waals surface area contributed by atoms with Crippen molar-refractivity contribution in [2.45, 2.75) is 38.2 Å². The lowest BCUT2D eigenvalue weighted by atomic mass is 9.96. The van der Waals surface area contributed by atoms with Gasteiger partial charge in [0.15, 0.2) is 0 Å². The lowest BCUT2D eigenvalue weighted by Crippen LogP contribution is -2.24. The lowest BCUT2D eigenvalue weighted by Gasteiger charge is -2.14. The Hall–Kier alpha value is -2.25. The van der Waals surface area contributed by atoms with E-state index in [0.717, 1.165) is 29.8 Å². The molecule has 0 unspecified atom stereocenters. The highest BCUT2D eigenvalue weighted by Gasteiger charge is 2.52. The van der Waals surface area contributed by atoms with Crippen molar-refractivity contribution in [1.29, 1.82) is 0 Å². The predicted molar refractivity (Wildman–Crippen MR) is 98.7 cm³/mol. The van der Waals surface area contributed by atoms with Crippen molar-refractivity contribution >= 4 is 33.9 Å². The Labute approximate surface area is 158 Å². The van der Waals surface area contributed by atoms with Gasteiger partial charge in [-0.25, -0.2) is 4.98 Å². The smallest absolute Gasteiger partial charge is 0.316 e. The zero-order chi connectivity index (χ0) is 18.3. The topological polar surface area (TPSA) is 73.6 Å². The fraction of sp³-hybridized carbons (Fsp3) is 0.333. The summed E-state index contributed by atoms with van der Waals surface area (Å²) in [6, 6.07) is 8.63. The Balaban J connectivity index is 1.52. The first-order chi connectivity index (χ1) is 12.5. The van der Waals surface area contributed by atoms with Crippen molar-refractivity contribution in [3.05, 3.63) is 62.0 Å². The number of aryl methyl sites for hydroxylation is 1. The molecule has 134 valence electrons. The maximum Gasteiger partial charge on any atom is 0.316 e. The average molecular weight is 390 g/mol. The van der Waals surface area contributed by atoms with Crippen LogP contribution >= 0.6 is 22.9 Å². The number of carbonyl (C=O) groups excluding carboxylic acids is 1. The summed E-state index contributed by atoms with van der Waals surface area (Å²) in [5, 5.41) is 5.67. The molecule has 26 heavy (non-hydrogen) atoms. The van der Waals surface area contributed by atoms with Crippen LogP contribution in [0.3, 0.4) is 0 Å². The third-order valence-electron chi connectivity index (χ3n) is 4.53. The van der Waals surface area contributed by atoms with Gasteiger partial charge in [-0.15, -0.1) is 0 Å². The van der Waals surface area contributed by atoms with Crippen LogP contribution in [-0.4, -0.2) is 20.6 Å². The molecule has 2 aromatic heterocycles. The summed E-state index contributed by atoms with van der Waals surface area (Å²) in [7, 11) is 0. The van der Waals surface area contributed by atoms with Crippen LogP contribution in [0.2, 0.25) is 5.02 Å². The van der Waals surface area contributed by atoms with E-state index in [1.165, 1.54) is 21.9 Å². The van der Waals surface area contributed by atoms with Crippen molar-refractivity contribution in [1.82, 2.24) is 14.6 Å². The van der Waals surface area contributed by atoms with Crippen LogP contribution in [0.4, 0.5) is 0 Å². The third-order valence-corrected chi connectivity index (χ3v) is 5.84. The number of hydrogen-bond acceptors (Lipinski definition) is 6. The van der Waals surface area contributed by atoms with E-state index in [1.54, 1.807) is 12.1 Å². The van der Waals surface area contributed by atoms with Gasteiger partial charge in [0.1, 0.15) is 11.6 Å². The normalized spacial score (nSPS) is 15.2. The van der Waals surface area contributed by atoms with E-state index in [2.05, 4.69) is 10.1 Å². The van der Waals surface area contributed by atoms with Crippen LogP contribution in [0.25, 0.3) is 4.96 Å². The lowest BCUT2D eigenvalue weighted by molar-refractivity contribution is -0.148. The minimum absolute atomic E-state index is 0.0285. The molecular formula is C18H16ClN3O3S. The van der Waals surface area contributed by atoms with E-state index in [9.17, 15) is 9.59 Å². The first-order valence-corrected chi connectivity index (χ1v) is 9.53. The summed E-state index contributed by atoms with van der Waals surface area (Å²) in [6.07, 6.45) is 2.23. The van der Waals surface area contributed by atoms with Crippen LogP contribution in [0.1, 0.15) is 36.0 Å². The maximum absolute atomic E-state index is 12.6. The van der Waals surface area contributed by atoms with E-state index >= 15 is 0 Å². The maximum atomic E-state index is 12.6. The minimum atomic E-state index is -0.594. The zero-order valence-electron chi connectivity index (χ0n) is 14.1. The number of ether oxygens (including phenoxy) is 1. The molecule has 1 aliphatic carbocycles. The van der Waals surface area contributed by atoms with Crippen molar-refractivity contribution in [3.8, 4) is 0 Å². The van der Waals surface area contributed by atoms with Gasteiger partial charge in [0, 0.05) is 11.1 Å². The largest absolute Gasteiger partial charge is 0.458 e. The van der Waals surface area contributed by atoms with E-state index in [4.69, 9.17) is 16.3 Å². The minimum Gasteiger partial charge on any atom is -0.458 e. The van der Waals surface area contributed by atoms with Gasteiger partial charge in [-0.05, 0) is 37.0 Å². The Morgan fingerprint density at radius 1 is 1.35 bits per heavy atom. The summed E-state index contributed by atoms with van der Waals surface area (Å²) < 4.78 is 6.76. The number of fused-ring (bicyclic) bond motifs is 1. The molecule has 0 bridgehead atoms. The standard InChI is InChI=1S/C18H16ClN3O3S/c1-2-14-21-22-15(23)9-13(20-17(22)26-14)10-25-16(24)18(7-8-18)11-3-5-12(19)6-4-11/h3-6,9H,2,7-8,10H2,1H3. The van der Waals surface area contributed by atoms with Gasteiger partial charge >= 0.3 is 5.97 Å². The highest BCUT2D eigenvalue weighted by molar-refractivity contribution is 7.16. The summed E-state index contributed by atoms with van der Waals surface area (Å²) in [5.41, 5.74) is 0.478. The van der Waals surface area contributed by atoms with Crippen molar-refractivity contribution in [3.63, 3.8) is 0 Å². The second-order valence-electron chi connectivity index (χ2n) is 6.29. The third kappa shape index (κ3) is 3.01. The number of benzene rings is 1. The van der Waals surface area contributed by atoms with E-state index < -0.39 is 5.41 Å². The molecule has 2 heterocycles. The summed E-state index contributed by atoms with van der Waals surface area (Å²) >= 11 is 7.28. The molecular weight excluding hydrogens is 374 g/mol. The quantitative estimate of drug-likeness (QED) is 0.627. The molecule has 0 aliphatic heterocycles. The molecule has 1 aromatic carbocycles. The number of esters is 1. The number of halogens is 1. The molecule has 3 aromatic rings. The predicted octanol–water partition coefficient (Wildman–Crippen LogP) is 3.14. The first-order valence-electron chi connectivity index (χ1n) is 8.34. The molecule has 4 rings (SSSR count). The SMILES string of the molecule is CCc1nn2c(=O)cc(COC(=O)C3(c4ccc(Cl)cc4)CC3)nc2s1. The molecule has 1 saturated carbocycles. The fourth-order valence-corrected chi connectivity index (χ4v) is 3.88. The Morgan fingerprint density at radius 3 is 2.73 bits per heavy atom. The Morgan fingerprint density at radius 2 is 2.08 bits per heavy atom. The summed E-state index contributed by atoms with van der Waals surface area (Å²) in [6.45, 7) is 1.94. The number of carbonyl (C=O) groups is 1. The van der Waals surface area contributed by atoms with Gasteiger partial charge in [-0.3, -0.25) is 9.59 Å². The number of nitrogens with zero attached hydrogens (tertiary/aromatic N) is 3. The molecule has 0 radical (unpaired) electrons. The van der Waals surface area contributed by atoms with Crippen LogP contribution in [0.15, 0.2) is 35.1 Å². The number of aromatic nitrogens is 3. The van der Waals surface area contributed by atoms with Gasteiger partial charge in [0.25, 0.3) is 5.56 Å². The number of hydrogen-bond donors (Lipinski definition) is 0. The van der Waals surface area contributed by atoms with Crippen molar-refractivity contribution < 1.29 is 9.53 Å². The van der Waals surface area contributed by atoms with Crippen molar-refractivity contribution in [2.75, 3.05) is 0 Å². The van der Waals surface area contributed by atoms with E-state index in [0.29, 0.717) is 15.7 Å². The summed E-state index contributed by atoms with van der Waals surface area (Å²) in [5.74, 6) is -0.291. The van der Waals surface area contributed by atoms with Crippen LogP contribution in [0, 0.1) is 0 Å². The summed E-state index contributed by atoms with van der Waals surface area (Å²) in [4.78, 5) is 29.7. The Bertz CT molecular complexity index is 1040. The van der Waals surface area contributed by atoms with Gasteiger partial charge in [0.2, 0.25) is 4.96 Å². The zero-order valence-corrected chi connectivity index (χ0v) is 15.6. The molecule has 1 aliphatic rings. The monoisotopic (exact) mass is 389 g/mol. The second-order valence-corrected chi connectivity index (χ2v) is 7.77. The molecule has 0 N–H and O–H groups in total. The molecule has 0 amide bonds. The molecule has 0 saturated heterocycles. The molecule has 8 heteroatoms. The Kier molecular flexibility index (Phi) is 4.28. The van der Waals surface area contributed by atoms with Gasteiger partial charge in [0.05, 0.1) is 11.1 Å². The van der Waals surface area contributed by atoms with Crippen molar-refractivity contribution in [2.24, 2.45) is 0 Å². The highest BCUT2D eigenvalue weighted by atomic mass is 35.5. The van der Waals surface area contributed by atoms with Gasteiger partial charge in [-0.1, -0.05) is 42.0 Å². The van der Waals surface area contributed by atoms with Gasteiger partial charge < -0.3 is 4.74 Å². The van der Waals surface area contributed by atoms with Crippen LogP contribution in [-0.2, 0) is 28.0 Å². The number of rotatable bonds is 5. The molecule has 6 nitrogen and oxygen atoms in total. The molecule has 0 atom stereocenters. The van der Waals surface area contributed by atoms with Gasteiger partial charge in [-0.2, -0.15) is 9.61 Å². The molecule has 0 spiro atoms. The first kappa shape index (κ1) is 17.2.